The monoisotopic (exact) mass is 391 g/mol. The van der Waals surface area contributed by atoms with Gasteiger partial charge in [0.15, 0.2) is 0 Å². The fourth-order valence-corrected chi connectivity index (χ4v) is 3.12. The van der Waals surface area contributed by atoms with E-state index in [1.54, 1.807) is 12.2 Å². The first-order valence-electron chi connectivity index (χ1n) is 9.28. The van der Waals surface area contributed by atoms with Gasteiger partial charge in [-0.1, -0.05) is 38.2 Å². The fourth-order valence-electron chi connectivity index (χ4n) is 2.76. The Morgan fingerprint density at radius 2 is 1.92 bits per heavy atom. The average Bonchev–Trinajstić information content (AvgIpc) is 2.72. The molecule has 0 fully saturated rings. The maximum absolute atomic E-state index is 10.4. The number of aliphatic hydroxyl groups excluding tert-OH is 5. The Bertz CT molecular complexity index is 449. The van der Waals surface area contributed by atoms with Crippen LogP contribution in [0.15, 0.2) is 12.2 Å². The van der Waals surface area contributed by atoms with E-state index in [1.807, 2.05) is 13.8 Å². The zero-order valence-corrected chi connectivity index (χ0v) is 16.3. The fraction of sp³-hybridized carbons (Fsp3) is 0.833. The van der Waals surface area contributed by atoms with Gasteiger partial charge in [-0.2, -0.15) is 0 Å². The lowest BCUT2D eigenvalue weighted by Crippen LogP contribution is -2.49. The van der Waals surface area contributed by atoms with E-state index in [4.69, 9.17) is 17.0 Å². The van der Waals surface area contributed by atoms with Crippen molar-refractivity contribution >= 4 is 17.2 Å². The Balaban J connectivity index is 2.72. The smallest absolute Gasteiger partial charge is 0.112 e. The van der Waals surface area contributed by atoms with Crippen molar-refractivity contribution < 1.29 is 30.3 Å². The minimum Gasteiger partial charge on any atom is -0.393 e. The number of thiocarbonyl (C=S) groups is 1. The highest BCUT2D eigenvalue weighted by atomic mass is 32.1. The van der Waals surface area contributed by atoms with Crippen molar-refractivity contribution in [2.45, 2.75) is 88.6 Å². The van der Waals surface area contributed by atoms with Crippen molar-refractivity contribution in [3.63, 3.8) is 0 Å². The van der Waals surface area contributed by atoms with Crippen LogP contribution < -0.4 is 5.32 Å². The number of hydrogen-bond acceptors (Lipinski definition) is 7. The molecule has 1 aliphatic carbocycles. The summed E-state index contributed by atoms with van der Waals surface area (Å²) in [5.41, 5.74) is 0. The van der Waals surface area contributed by atoms with Gasteiger partial charge in [-0.3, -0.25) is 0 Å². The van der Waals surface area contributed by atoms with E-state index in [-0.39, 0.29) is 19.4 Å². The maximum Gasteiger partial charge on any atom is 0.112 e. The van der Waals surface area contributed by atoms with Crippen LogP contribution in [0.1, 0.15) is 46.0 Å². The molecule has 152 valence electrons. The number of hydrogen-bond donors (Lipinski definition) is 6. The Morgan fingerprint density at radius 1 is 1.23 bits per heavy atom. The van der Waals surface area contributed by atoms with Crippen molar-refractivity contribution in [2.24, 2.45) is 0 Å². The number of rotatable bonds is 10. The van der Waals surface area contributed by atoms with E-state index in [2.05, 4.69) is 5.32 Å². The summed E-state index contributed by atoms with van der Waals surface area (Å²) in [7, 11) is 0. The Hall–Kier alpha value is -0.610. The summed E-state index contributed by atoms with van der Waals surface area (Å²) in [5, 5.41) is 53.1. The minimum absolute atomic E-state index is 0.0241. The van der Waals surface area contributed by atoms with Crippen molar-refractivity contribution in [3.8, 4) is 0 Å². The SMILES string of the molecule is CCCC(=S)NC(COC1C=CCC(O)C(O)C1O)C(O)CC(O)CC. The summed E-state index contributed by atoms with van der Waals surface area (Å²) in [4.78, 5) is 0.596. The zero-order chi connectivity index (χ0) is 19.7. The van der Waals surface area contributed by atoms with E-state index >= 15 is 0 Å². The van der Waals surface area contributed by atoms with Gasteiger partial charge in [-0.05, 0) is 25.7 Å². The van der Waals surface area contributed by atoms with Crippen LogP contribution in [0, 0.1) is 0 Å². The highest BCUT2D eigenvalue weighted by molar-refractivity contribution is 7.80. The Morgan fingerprint density at radius 3 is 2.54 bits per heavy atom. The molecule has 0 aliphatic heterocycles. The van der Waals surface area contributed by atoms with Crippen LogP contribution in [0.3, 0.4) is 0 Å². The zero-order valence-electron chi connectivity index (χ0n) is 15.5. The third-order valence-corrected chi connectivity index (χ3v) is 4.85. The molecule has 0 radical (unpaired) electrons. The first kappa shape index (κ1) is 23.4. The molecule has 7 atom stereocenters. The molecule has 26 heavy (non-hydrogen) atoms. The third kappa shape index (κ3) is 7.56. The molecule has 7 unspecified atom stereocenters. The number of ether oxygens (including phenoxy) is 1. The van der Waals surface area contributed by atoms with Crippen LogP contribution in [-0.2, 0) is 4.74 Å². The molecule has 0 amide bonds. The molecule has 1 rings (SSSR count). The molecule has 0 bridgehead atoms. The van der Waals surface area contributed by atoms with Gasteiger partial charge < -0.3 is 35.6 Å². The maximum atomic E-state index is 10.4. The van der Waals surface area contributed by atoms with Crippen molar-refractivity contribution in [2.75, 3.05) is 6.61 Å². The van der Waals surface area contributed by atoms with Gasteiger partial charge in [0, 0.05) is 6.42 Å². The second-order valence-electron chi connectivity index (χ2n) is 6.80. The largest absolute Gasteiger partial charge is 0.393 e. The molecular weight excluding hydrogens is 358 g/mol. The van der Waals surface area contributed by atoms with Gasteiger partial charge >= 0.3 is 0 Å². The molecule has 7 nitrogen and oxygen atoms in total. The lowest BCUT2D eigenvalue weighted by Gasteiger charge is -2.30. The highest BCUT2D eigenvalue weighted by Gasteiger charge is 2.33. The van der Waals surface area contributed by atoms with Crippen LogP contribution in [0.25, 0.3) is 0 Å². The average molecular weight is 392 g/mol. The summed E-state index contributed by atoms with van der Waals surface area (Å²) >= 11 is 5.26. The molecule has 8 heteroatoms. The molecular formula is C18H33NO6S. The standard InChI is InChI=1S/C18H33NO6S/c1-3-6-16(26)19-12(14(22)9-11(20)4-2)10-25-15-8-5-7-13(21)17(23)18(15)24/h5,8,11-15,17-18,20-24H,3-4,6-7,9-10H2,1-2H3,(H,19,26). The summed E-state index contributed by atoms with van der Waals surface area (Å²) in [5.74, 6) is 0. The molecule has 6 N–H and O–H groups in total. The first-order chi connectivity index (χ1) is 12.3. The van der Waals surface area contributed by atoms with E-state index in [1.165, 1.54) is 0 Å². The van der Waals surface area contributed by atoms with Crippen molar-refractivity contribution in [3.05, 3.63) is 12.2 Å². The van der Waals surface area contributed by atoms with Gasteiger partial charge in [-0.15, -0.1) is 0 Å². The number of nitrogens with one attached hydrogen (secondary N) is 1. The van der Waals surface area contributed by atoms with Gasteiger partial charge in [0.1, 0.15) is 18.3 Å². The Labute approximate surface area is 160 Å². The second-order valence-corrected chi connectivity index (χ2v) is 7.29. The molecule has 0 saturated heterocycles. The van der Waals surface area contributed by atoms with Crippen molar-refractivity contribution in [1.82, 2.24) is 5.32 Å². The van der Waals surface area contributed by atoms with Crippen LogP contribution in [0.2, 0.25) is 0 Å². The van der Waals surface area contributed by atoms with Gasteiger partial charge in [-0.25, -0.2) is 0 Å². The first-order valence-corrected chi connectivity index (χ1v) is 9.68. The van der Waals surface area contributed by atoms with Crippen molar-refractivity contribution in [1.29, 1.82) is 0 Å². The van der Waals surface area contributed by atoms with E-state index < -0.39 is 42.7 Å². The molecule has 0 aromatic heterocycles. The summed E-state index contributed by atoms with van der Waals surface area (Å²) < 4.78 is 5.70. The van der Waals surface area contributed by atoms with Crippen LogP contribution in [-0.4, -0.2) is 79.8 Å². The van der Waals surface area contributed by atoms with Gasteiger partial charge in [0.25, 0.3) is 0 Å². The highest BCUT2D eigenvalue weighted by Crippen LogP contribution is 2.18. The molecule has 0 aromatic rings. The van der Waals surface area contributed by atoms with E-state index in [0.717, 1.165) is 6.42 Å². The molecule has 0 heterocycles. The molecule has 0 saturated carbocycles. The topological polar surface area (TPSA) is 122 Å². The van der Waals surface area contributed by atoms with Gasteiger partial charge in [0.05, 0.1) is 35.9 Å². The predicted octanol–water partition coefficient (Wildman–Crippen LogP) is 0.0218. The van der Waals surface area contributed by atoms with E-state index in [9.17, 15) is 25.5 Å². The second kappa shape index (κ2) is 12.0. The minimum atomic E-state index is -1.31. The quantitative estimate of drug-likeness (QED) is 0.228. The molecule has 0 aromatic carbocycles. The molecule has 0 spiro atoms. The summed E-state index contributed by atoms with van der Waals surface area (Å²) in [6.45, 7) is 3.85. The molecule has 1 aliphatic rings. The normalized spacial score (nSPS) is 29.7. The number of aliphatic hydroxyl groups is 5. The van der Waals surface area contributed by atoms with Crippen LogP contribution >= 0.6 is 12.2 Å². The summed E-state index contributed by atoms with van der Waals surface area (Å²) in [6.07, 6.45) is -0.250. The van der Waals surface area contributed by atoms with Gasteiger partial charge in [0.2, 0.25) is 0 Å². The lowest BCUT2D eigenvalue weighted by molar-refractivity contribution is -0.110. The Kier molecular flexibility index (Phi) is 10.8. The third-order valence-electron chi connectivity index (χ3n) is 4.53. The van der Waals surface area contributed by atoms with Crippen LogP contribution in [0.5, 0.6) is 0 Å². The van der Waals surface area contributed by atoms with Crippen LogP contribution in [0.4, 0.5) is 0 Å². The predicted molar refractivity (Wildman–Crippen MR) is 103 cm³/mol. The lowest BCUT2D eigenvalue weighted by atomic mass is 10.0. The van der Waals surface area contributed by atoms with E-state index in [0.29, 0.717) is 17.8 Å². The summed E-state index contributed by atoms with van der Waals surface area (Å²) in [6, 6.07) is -0.554.